The molecule has 0 radical (unpaired) electrons. The molecule has 1 aliphatic heterocycles. The zero-order valence-corrected chi connectivity index (χ0v) is 15.2. The maximum Gasteiger partial charge on any atom is 0.131 e. The zero-order chi connectivity index (χ0) is 17.8. The number of benzene rings is 1. The third kappa shape index (κ3) is 8.02. The van der Waals surface area contributed by atoms with Crippen molar-refractivity contribution in [1.29, 1.82) is 0 Å². The lowest BCUT2D eigenvalue weighted by atomic mass is 10.0. The van der Waals surface area contributed by atoms with E-state index < -0.39 is 0 Å². The fourth-order valence-electron chi connectivity index (χ4n) is 2.18. The Labute approximate surface area is 146 Å². The summed E-state index contributed by atoms with van der Waals surface area (Å²) in [6.45, 7) is 16.0. The van der Waals surface area contributed by atoms with E-state index in [0.29, 0.717) is 11.7 Å². The van der Waals surface area contributed by atoms with Crippen molar-refractivity contribution in [2.75, 3.05) is 19.8 Å². The number of hydrogen-bond acceptors (Lipinski definition) is 3. The molecule has 3 heteroatoms. The first-order valence-corrected chi connectivity index (χ1v) is 8.64. The summed E-state index contributed by atoms with van der Waals surface area (Å²) in [6.07, 6.45) is 5.81. The van der Waals surface area contributed by atoms with E-state index in [1.165, 1.54) is 0 Å². The molecule has 0 atom stereocenters. The zero-order valence-electron chi connectivity index (χ0n) is 15.2. The van der Waals surface area contributed by atoms with Crippen LogP contribution in [0.4, 0.5) is 0 Å². The van der Waals surface area contributed by atoms with Gasteiger partial charge in [0.25, 0.3) is 0 Å². The van der Waals surface area contributed by atoms with E-state index in [1.807, 2.05) is 51.1 Å². The van der Waals surface area contributed by atoms with Gasteiger partial charge in [-0.2, -0.15) is 0 Å². The first-order valence-electron chi connectivity index (χ1n) is 8.64. The van der Waals surface area contributed by atoms with Crippen LogP contribution in [0.2, 0.25) is 0 Å². The molecule has 3 nitrogen and oxygen atoms in total. The highest BCUT2D eigenvalue weighted by Gasteiger charge is 2.14. The van der Waals surface area contributed by atoms with Gasteiger partial charge in [0, 0.05) is 19.3 Å². The van der Waals surface area contributed by atoms with Crippen LogP contribution in [0.3, 0.4) is 0 Å². The van der Waals surface area contributed by atoms with Crippen LogP contribution in [0.5, 0.6) is 11.5 Å². The Morgan fingerprint density at radius 2 is 1.83 bits per heavy atom. The Hall–Kier alpha value is -2.00. The number of rotatable bonds is 7. The quantitative estimate of drug-likeness (QED) is 0.485. The summed E-state index contributed by atoms with van der Waals surface area (Å²) in [5.41, 5.74) is 0.957. The molecule has 1 aromatic carbocycles. The summed E-state index contributed by atoms with van der Waals surface area (Å²) < 4.78 is 16.9. The fraction of sp³-hybridized carbons (Fsp3) is 0.429. The Morgan fingerprint density at radius 3 is 2.50 bits per heavy atom. The minimum Gasteiger partial charge on any atom is -0.493 e. The average molecular weight is 330 g/mol. The third-order valence-electron chi connectivity index (χ3n) is 3.43. The summed E-state index contributed by atoms with van der Waals surface area (Å²) in [5, 5.41) is 0. The lowest BCUT2D eigenvalue weighted by molar-refractivity contribution is 0.0497. The smallest absolute Gasteiger partial charge is 0.131 e. The SMILES string of the molecule is C=C(C)/C=C\C(=C)Oc1cccc(OCC2CCOCC2)c1.CC. The van der Waals surface area contributed by atoms with Gasteiger partial charge in [0.1, 0.15) is 17.3 Å². The molecule has 0 bridgehead atoms. The second-order valence-corrected chi connectivity index (χ2v) is 5.59. The second kappa shape index (κ2) is 11.5. The standard InChI is InChI=1S/C19H24O3.C2H6/c1-15(2)7-8-16(3)22-19-6-4-5-18(13-19)21-14-17-9-11-20-12-10-17;1-2/h4-8,13,17H,1,3,9-12,14H2,2H3;1-2H3/b8-7-;. The molecule has 0 aliphatic carbocycles. The van der Waals surface area contributed by atoms with Crippen LogP contribution in [0.25, 0.3) is 0 Å². The average Bonchev–Trinajstić information content (AvgIpc) is 2.61. The molecule has 0 amide bonds. The van der Waals surface area contributed by atoms with Crippen LogP contribution in [0, 0.1) is 5.92 Å². The van der Waals surface area contributed by atoms with Crippen molar-refractivity contribution in [2.45, 2.75) is 33.6 Å². The third-order valence-corrected chi connectivity index (χ3v) is 3.43. The Kier molecular flexibility index (Phi) is 9.62. The highest BCUT2D eigenvalue weighted by atomic mass is 16.5. The van der Waals surface area contributed by atoms with Crippen molar-refractivity contribution in [3.63, 3.8) is 0 Å². The van der Waals surface area contributed by atoms with E-state index in [0.717, 1.165) is 49.7 Å². The molecule has 132 valence electrons. The topological polar surface area (TPSA) is 27.7 Å². The van der Waals surface area contributed by atoms with Crippen molar-refractivity contribution < 1.29 is 14.2 Å². The van der Waals surface area contributed by atoms with Crippen molar-refractivity contribution >= 4 is 0 Å². The van der Waals surface area contributed by atoms with E-state index >= 15 is 0 Å². The molecule has 0 unspecified atom stereocenters. The Balaban J connectivity index is 0.00000139. The minimum absolute atomic E-state index is 0.574. The van der Waals surface area contributed by atoms with Gasteiger partial charge in [0.05, 0.1) is 6.61 Å². The summed E-state index contributed by atoms with van der Waals surface area (Å²) in [4.78, 5) is 0. The van der Waals surface area contributed by atoms with Crippen molar-refractivity contribution in [3.05, 3.63) is 60.9 Å². The maximum atomic E-state index is 5.87. The Morgan fingerprint density at radius 1 is 1.17 bits per heavy atom. The van der Waals surface area contributed by atoms with Crippen LogP contribution < -0.4 is 9.47 Å². The van der Waals surface area contributed by atoms with Crippen LogP contribution in [0.15, 0.2) is 60.9 Å². The highest BCUT2D eigenvalue weighted by Crippen LogP contribution is 2.23. The molecule has 1 aromatic rings. The molecule has 0 aromatic heterocycles. The second-order valence-electron chi connectivity index (χ2n) is 5.59. The lowest BCUT2D eigenvalue weighted by Crippen LogP contribution is -2.21. The molecule has 1 heterocycles. The summed E-state index contributed by atoms with van der Waals surface area (Å²) in [5.74, 6) is 2.69. The van der Waals surface area contributed by atoms with E-state index in [1.54, 1.807) is 6.08 Å². The summed E-state index contributed by atoms with van der Waals surface area (Å²) in [7, 11) is 0. The normalized spacial score (nSPS) is 14.6. The summed E-state index contributed by atoms with van der Waals surface area (Å²) in [6, 6.07) is 7.64. The maximum absolute atomic E-state index is 5.87. The van der Waals surface area contributed by atoms with E-state index in [2.05, 4.69) is 13.2 Å². The molecule has 1 saturated heterocycles. The largest absolute Gasteiger partial charge is 0.493 e. The number of hydrogen-bond donors (Lipinski definition) is 0. The van der Waals surface area contributed by atoms with Crippen LogP contribution in [-0.2, 0) is 4.74 Å². The van der Waals surface area contributed by atoms with Gasteiger partial charge in [-0.25, -0.2) is 0 Å². The molecule has 2 rings (SSSR count). The van der Waals surface area contributed by atoms with E-state index in [-0.39, 0.29) is 0 Å². The number of ether oxygens (including phenoxy) is 3. The molecular weight excluding hydrogens is 300 g/mol. The van der Waals surface area contributed by atoms with Gasteiger partial charge in [0.2, 0.25) is 0 Å². The van der Waals surface area contributed by atoms with E-state index in [4.69, 9.17) is 14.2 Å². The molecule has 0 spiro atoms. The predicted octanol–water partition coefficient (Wildman–Crippen LogP) is 5.54. The monoisotopic (exact) mass is 330 g/mol. The van der Waals surface area contributed by atoms with Crippen molar-refractivity contribution in [3.8, 4) is 11.5 Å². The molecular formula is C21H30O3. The van der Waals surface area contributed by atoms with Gasteiger partial charge in [-0.3, -0.25) is 0 Å². The van der Waals surface area contributed by atoms with Gasteiger partial charge < -0.3 is 14.2 Å². The lowest BCUT2D eigenvalue weighted by Gasteiger charge is -2.22. The fourth-order valence-corrected chi connectivity index (χ4v) is 2.18. The van der Waals surface area contributed by atoms with Crippen molar-refractivity contribution in [1.82, 2.24) is 0 Å². The van der Waals surface area contributed by atoms with Gasteiger partial charge in [-0.1, -0.05) is 44.7 Å². The van der Waals surface area contributed by atoms with Gasteiger partial charge in [-0.05, 0) is 43.9 Å². The summed E-state index contributed by atoms with van der Waals surface area (Å²) >= 11 is 0. The Bertz CT molecular complexity index is 540. The molecule has 24 heavy (non-hydrogen) atoms. The van der Waals surface area contributed by atoms with Crippen LogP contribution in [0.1, 0.15) is 33.6 Å². The first kappa shape index (κ1) is 20.0. The minimum atomic E-state index is 0.574. The van der Waals surface area contributed by atoms with Gasteiger partial charge >= 0.3 is 0 Å². The molecule has 1 fully saturated rings. The van der Waals surface area contributed by atoms with Gasteiger partial charge in [-0.15, -0.1) is 0 Å². The van der Waals surface area contributed by atoms with Crippen LogP contribution in [-0.4, -0.2) is 19.8 Å². The predicted molar refractivity (Wildman–Crippen MR) is 101 cm³/mol. The number of allylic oxidation sites excluding steroid dienone is 3. The molecule has 1 aliphatic rings. The first-order chi connectivity index (χ1) is 11.6. The highest BCUT2D eigenvalue weighted by molar-refractivity contribution is 5.35. The van der Waals surface area contributed by atoms with Crippen molar-refractivity contribution in [2.24, 2.45) is 5.92 Å². The molecule has 0 saturated carbocycles. The molecule has 0 N–H and O–H groups in total. The van der Waals surface area contributed by atoms with Gasteiger partial charge in [0.15, 0.2) is 0 Å². The van der Waals surface area contributed by atoms with Crippen LogP contribution >= 0.6 is 0 Å². The van der Waals surface area contributed by atoms with E-state index in [9.17, 15) is 0 Å².